The van der Waals surface area contributed by atoms with Gasteiger partial charge in [0.25, 0.3) is 0 Å². The zero-order chi connectivity index (χ0) is 13.1. The molecule has 5 heteroatoms. The van der Waals surface area contributed by atoms with Crippen molar-refractivity contribution in [2.24, 2.45) is 0 Å². The first kappa shape index (κ1) is 12.6. The Morgan fingerprint density at radius 2 is 2.17 bits per heavy atom. The minimum atomic E-state index is -0.422. The zero-order valence-electron chi connectivity index (χ0n) is 10.1. The molecule has 1 heterocycles. The first-order valence-electron chi connectivity index (χ1n) is 5.37. The molecule has 1 aromatic heterocycles. The predicted octanol–water partition coefficient (Wildman–Crippen LogP) is 3.18. The SMILES string of the molecule is COC(=O)c1ccccc1-c1nc(CCl)c(C)o1. The molecule has 0 aliphatic carbocycles. The van der Waals surface area contributed by atoms with Gasteiger partial charge in [0, 0.05) is 0 Å². The van der Waals surface area contributed by atoms with Crippen LogP contribution in [0, 0.1) is 6.92 Å². The van der Waals surface area contributed by atoms with Gasteiger partial charge in [-0.1, -0.05) is 12.1 Å². The fourth-order valence-electron chi connectivity index (χ4n) is 1.62. The molecule has 18 heavy (non-hydrogen) atoms. The Kier molecular flexibility index (Phi) is 3.67. The van der Waals surface area contributed by atoms with Gasteiger partial charge in [-0.25, -0.2) is 9.78 Å². The number of halogens is 1. The Balaban J connectivity index is 2.53. The van der Waals surface area contributed by atoms with E-state index < -0.39 is 5.97 Å². The lowest BCUT2D eigenvalue weighted by atomic mass is 10.1. The molecule has 0 N–H and O–H groups in total. The van der Waals surface area contributed by atoms with E-state index in [-0.39, 0.29) is 5.88 Å². The maximum Gasteiger partial charge on any atom is 0.338 e. The second kappa shape index (κ2) is 5.23. The highest BCUT2D eigenvalue weighted by Crippen LogP contribution is 2.26. The fourth-order valence-corrected chi connectivity index (χ4v) is 1.87. The first-order valence-corrected chi connectivity index (χ1v) is 5.90. The van der Waals surface area contributed by atoms with Crippen molar-refractivity contribution >= 4 is 17.6 Å². The number of ether oxygens (including phenoxy) is 1. The number of carbonyl (C=O) groups excluding carboxylic acids is 1. The summed E-state index contributed by atoms with van der Waals surface area (Å²) in [5.74, 6) is 0.883. The number of nitrogens with zero attached hydrogens (tertiary/aromatic N) is 1. The van der Waals surface area contributed by atoms with Crippen LogP contribution in [0.3, 0.4) is 0 Å². The second-order valence-corrected chi connectivity index (χ2v) is 3.96. The molecule has 0 aliphatic heterocycles. The van der Waals surface area contributed by atoms with Gasteiger partial charge in [0.05, 0.1) is 29.8 Å². The van der Waals surface area contributed by atoms with E-state index in [4.69, 9.17) is 20.8 Å². The number of hydrogen-bond acceptors (Lipinski definition) is 4. The smallest absolute Gasteiger partial charge is 0.338 e. The van der Waals surface area contributed by atoms with E-state index >= 15 is 0 Å². The number of aromatic nitrogens is 1. The number of hydrogen-bond donors (Lipinski definition) is 0. The molecule has 0 spiro atoms. The molecule has 1 aromatic carbocycles. The Labute approximate surface area is 110 Å². The van der Waals surface area contributed by atoms with Gasteiger partial charge in [0.2, 0.25) is 5.89 Å². The molecular weight excluding hydrogens is 254 g/mol. The van der Waals surface area contributed by atoms with Crippen LogP contribution in [0.25, 0.3) is 11.5 Å². The van der Waals surface area contributed by atoms with Gasteiger partial charge in [-0.2, -0.15) is 0 Å². The zero-order valence-corrected chi connectivity index (χ0v) is 10.8. The number of carbonyl (C=O) groups is 1. The summed E-state index contributed by atoms with van der Waals surface area (Å²) >= 11 is 5.75. The number of methoxy groups -OCH3 is 1. The lowest BCUT2D eigenvalue weighted by Crippen LogP contribution is -2.03. The van der Waals surface area contributed by atoms with Gasteiger partial charge < -0.3 is 9.15 Å². The van der Waals surface area contributed by atoms with E-state index in [1.165, 1.54) is 7.11 Å². The van der Waals surface area contributed by atoms with E-state index in [2.05, 4.69) is 4.98 Å². The van der Waals surface area contributed by atoms with Crippen molar-refractivity contribution < 1.29 is 13.9 Å². The maximum absolute atomic E-state index is 11.7. The lowest BCUT2D eigenvalue weighted by molar-refractivity contribution is 0.0601. The highest BCUT2D eigenvalue weighted by molar-refractivity contribution is 6.17. The monoisotopic (exact) mass is 265 g/mol. The highest BCUT2D eigenvalue weighted by Gasteiger charge is 2.17. The summed E-state index contributed by atoms with van der Waals surface area (Å²) in [4.78, 5) is 15.9. The largest absolute Gasteiger partial charge is 0.465 e. The Bertz CT molecular complexity index is 577. The topological polar surface area (TPSA) is 52.3 Å². The van der Waals surface area contributed by atoms with Crippen molar-refractivity contribution in [3.05, 3.63) is 41.3 Å². The number of rotatable bonds is 3. The standard InChI is InChI=1S/C13H12ClNO3/c1-8-11(7-14)15-12(18-8)9-5-3-4-6-10(9)13(16)17-2/h3-6H,7H2,1-2H3. The Morgan fingerprint density at radius 3 is 2.78 bits per heavy atom. The van der Waals surface area contributed by atoms with E-state index in [0.717, 1.165) is 0 Å². The maximum atomic E-state index is 11.7. The van der Waals surface area contributed by atoms with Gasteiger partial charge in [0.15, 0.2) is 0 Å². The summed E-state index contributed by atoms with van der Waals surface area (Å²) in [6.45, 7) is 1.79. The van der Waals surface area contributed by atoms with Crippen LogP contribution in [0.4, 0.5) is 0 Å². The van der Waals surface area contributed by atoms with Crippen LogP contribution in [0.1, 0.15) is 21.8 Å². The van der Waals surface area contributed by atoms with Gasteiger partial charge in [-0.15, -0.1) is 11.6 Å². The van der Waals surface area contributed by atoms with Crippen LogP contribution in [0.15, 0.2) is 28.7 Å². The number of benzene rings is 1. The summed E-state index contributed by atoms with van der Waals surface area (Å²) in [7, 11) is 1.34. The minimum Gasteiger partial charge on any atom is -0.465 e. The molecule has 0 aliphatic rings. The molecular formula is C13H12ClNO3. The summed E-state index contributed by atoms with van der Waals surface area (Å²) in [5.41, 5.74) is 1.69. The van der Waals surface area contributed by atoms with Crippen molar-refractivity contribution in [3.8, 4) is 11.5 Å². The molecule has 0 amide bonds. The van der Waals surface area contributed by atoms with E-state index in [0.29, 0.717) is 28.5 Å². The van der Waals surface area contributed by atoms with Gasteiger partial charge in [0.1, 0.15) is 5.76 Å². The third-order valence-electron chi connectivity index (χ3n) is 2.58. The second-order valence-electron chi connectivity index (χ2n) is 3.69. The number of alkyl halides is 1. The van der Waals surface area contributed by atoms with Crippen molar-refractivity contribution in [2.45, 2.75) is 12.8 Å². The molecule has 0 unspecified atom stereocenters. The van der Waals surface area contributed by atoms with Crippen molar-refractivity contribution in [1.82, 2.24) is 4.98 Å². The minimum absolute atomic E-state index is 0.274. The van der Waals surface area contributed by atoms with Crippen LogP contribution >= 0.6 is 11.6 Å². The molecule has 0 saturated heterocycles. The van der Waals surface area contributed by atoms with Crippen molar-refractivity contribution in [1.29, 1.82) is 0 Å². The molecule has 0 saturated carbocycles. The van der Waals surface area contributed by atoms with Crippen LogP contribution in [0.2, 0.25) is 0 Å². The summed E-state index contributed by atoms with van der Waals surface area (Å²) in [6, 6.07) is 6.99. The predicted molar refractivity (Wildman–Crippen MR) is 67.6 cm³/mol. The number of esters is 1. The average Bonchev–Trinajstić information content (AvgIpc) is 2.79. The molecule has 94 valence electrons. The molecule has 2 aromatic rings. The fraction of sp³-hybridized carbons (Fsp3) is 0.231. The average molecular weight is 266 g/mol. The van der Waals surface area contributed by atoms with E-state index in [1.54, 1.807) is 25.1 Å². The molecule has 0 atom stereocenters. The normalized spacial score (nSPS) is 10.4. The van der Waals surface area contributed by atoms with Gasteiger partial charge in [-0.05, 0) is 19.1 Å². The lowest BCUT2D eigenvalue weighted by Gasteiger charge is -2.03. The summed E-state index contributed by atoms with van der Waals surface area (Å²) < 4.78 is 10.3. The quantitative estimate of drug-likeness (QED) is 0.632. The van der Waals surface area contributed by atoms with Gasteiger partial charge in [-0.3, -0.25) is 0 Å². The summed E-state index contributed by atoms with van der Waals surface area (Å²) in [6.07, 6.45) is 0. The van der Waals surface area contributed by atoms with Crippen molar-refractivity contribution in [3.63, 3.8) is 0 Å². The third-order valence-corrected chi connectivity index (χ3v) is 2.84. The van der Waals surface area contributed by atoms with Crippen LogP contribution in [0.5, 0.6) is 0 Å². The Hall–Kier alpha value is -1.81. The van der Waals surface area contributed by atoms with E-state index in [1.807, 2.05) is 6.07 Å². The number of aryl methyl sites for hydroxylation is 1. The number of oxazole rings is 1. The third kappa shape index (κ3) is 2.24. The molecule has 0 bridgehead atoms. The Morgan fingerprint density at radius 1 is 1.44 bits per heavy atom. The van der Waals surface area contributed by atoms with Gasteiger partial charge >= 0.3 is 5.97 Å². The highest BCUT2D eigenvalue weighted by atomic mass is 35.5. The van der Waals surface area contributed by atoms with Crippen LogP contribution in [-0.4, -0.2) is 18.1 Å². The van der Waals surface area contributed by atoms with E-state index in [9.17, 15) is 4.79 Å². The molecule has 0 fully saturated rings. The van der Waals surface area contributed by atoms with Crippen LogP contribution < -0.4 is 0 Å². The molecule has 0 radical (unpaired) electrons. The molecule has 4 nitrogen and oxygen atoms in total. The first-order chi connectivity index (χ1) is 8.67. The molecule has 2 rings (SSSR count). The summed E-state index contributed by atoms with van der Waals surface area (Å²) in [5, 5.41) is 0. The van der Waals surface area contributed by atoms with Crippen LogP contribution in [-0.2, 0) is 10.6 Å². The van der Waals surface area contributed by atoms with Crippen molar-refractivity contribution in [2.75, 3.05) is 7.11 Å².